The van der Waals surface area contributed by atoms with Crippen LogP contribution in [0.5, 0.6) is 0 Å². The fraction of sp³-hybridized carbons (Fsp3) is 0.143. The zero-order valence-electron chi connectivity index (χ0n) is 6.17. The molecule has 0 unspecified atom stereocenters. The molecule has 68 valence electrons. The van der Waals surface area contributed by atoms with Crippen LogP contribution in [-0.2, 0) is 3.79 Å². The van der Waals surface area contributed by atoms with Crippen molar-refractivity contribution in [2.45, 2.75) is 3.79 Å². The minimum Gasteiger partial charge on any atom is -0.418 e. The van der Waals surface area contributed by atoms with Crippen LogP contribution in [0.1, 0.15) is 5.89 Å². The van der Waals surface area contributed by atoms with Gasteiger partial charge in [0.2, 0.25) is 11.6 Å². The van der Waals surface area contributed by atoms with Gasteiger partial charge in [-0.3, -0.25) is 0 Å². The molecule has 0 atom stereocenters. The first-order chi connectivity index (χ1) is 6.07. The van der Waals surface area contributed by atoms with E-state index < -0.39 is 3.79 Å². The summed E-state index contributed by atoms with van der Waals surface area (Å²) in [5.74, 6) is 0.0335. The molecule has 2 aromatic rings. The van der Waals surface area contributed by atoms with E-state index in [9.17, 15) is 0 Å². The molecule has 0 amide bonds. The van der Waals surface area contributed by atoms with Gasteiger partial charge in [-0.25, -0.2) is 9.97 Å². The highest BCUT2D eigenvalue weighted by atomic mass is 35.6. The third-order valence-corrected chi connectivity index (χ3v) is 1.89. The summed E-state index contributed by atoms with van der Waals surface area (Å²) in [7, 11) is 0. The summed E-state index contributed by atoms with van der Waals surface area (Å²) in [6, 6.07) is 3.46. The number of halogens is 3. The fourth-order valence-electron chi connectivity index (χ4n) is 0.891. The molecular formula is C7H3Cl3N2O. The SMILES string of the molecule is ClC(Cl)(Cl)c1nc2cccnc2o1. The first-order valence-corrected chi connectivity index (χ1v) is 4.49. The zero-order chi connectivity index (χ0) is 9.47. The van der Waals surface area contributed by atoms with Gasteiger partial charge >= 0.3 is 0 Å². The Labute approximate surface area is 88.6 Å². The number of oxazole rings is 1. The van der Waals surface area contributed by atoms with E-state index in [-0.39, 0.29) is 5.89 Å². The smallest absolute Gasteiger partial charge is 0.266 e. The Bertz CT molecular complexity index is 401. The maximum Gasteiger partial charge on any atom is 0.266 e. The van der Waals surface area contributed by atoms with E-state index in [4.69, 9.17) is 39.2 Å². The van der Waals surface area contributed by atoms with Crippen molar-refractivity contribution in [3.8, 4) is 0 Å². The van der Waals surface area contributed by atoms with Gasteiger partial charge < -0.3 is 4.42 Å². The highest BCUT2D eigenvalue weighted by Crippen LogP contribution is 2.38. The molecule has 0 bridgehead atoms. The third kappa shape index (κ3) is 1.73. The molecule has 3 nitrogen and oxygen atoms in total. The molecule has 0 aliphatic rings. The molecule has 0 radical (unpaired) electrons. The highest BCUT2D eigenvalue weighted by Gasteiger charge is 2.29. The number of hydrogen-bond acceptors (Lipinski definition) is 3. The van der Waals surface area contributed by atoms with Gasteiger partial charge in [-0.05, 0) is 12.1 Å². The van der Waals surface area contributed by atoms with Crippen LogP contribution >= 0.6 is 34.8 Å². The monoisotopic (exact) mass is 236 g/mol. The van der Waals surface area contributed by atoms with Crippen LogP contribution in [0.2, 0.25) is 0 Å². The Kier molecular flexibility index (Phi) is 2.10. The number of nitrogens with zero attached hydrogens (tertiary/aromatic N) is 2. The summed E-state index contributed by atoms with van der Waals surface area (Å²) in [5, 5.41) is 0. The quantitative estimate of drug-likeness (QED) is 0.661. The first-order valence-electron chi connectivity index (χ1n) is 3.36. The Hall–Kier alpha value is -0.510. The summed E-state index contributed by atoms with van der Waals surface area (Å²) in [6.45, 7) is 0. The van der Waals surface area contributed by atoms with Gasteiger partial charge in [0, 0.05) is 6.20 Å². The number of aromatic nitrogens is 2. The van der Waals surface area contributed by atoms with Crippen molar-refractivity contribution >= 4 is 46.0 Å². The lowest BCUT2D eigenvalue weighted by Crippen LogP contribution is -1.99. The largest absolute Gasteiger partial charge is 0.418 e. The molecule has 0 spiro atoms. The van der Waals surface area contributed by atoms with E-state index in [1.165, 1.54) is 0 Å². The van der Waals surface area contributed by atoms with Gasteiger partial charge in [-0.1, -0.05) is 34.8 Å². The van der Waals surface area contributed by atoms with Crippen molar-refractivity contribution in [2.75, 3.05) is 0 Å². The lowest BCUT2D eigenvalue weighted by molar-refractivity contribution is 0.531. The van der Waals surface area contributed by atoms with E-state index in [2.05, 4.69) is 9.97 Å². The van der Waals surface area contributed by atoms with E-state index in [0.29, 0.717) is 11.2 Å². The normalized spacial score (nSPS) is 12.2. The molecule has 2 rings (SSSR count). The number of rotatable bonds is 0. The molecule has 0 N–H and O–H groups in total. The van der Waals surface area contributed by atoms with Crippen LogP contribution in [0.15, 0.2) is 22.7 Å². The Balaban J connectivity index is 2.63. The summed E-state index contributed by atoms with van der Waals surface area (Å²) >= 11 is 16.7. The predicted molar refractivity (Wildman–Crippen MR) is 51.0 cm³/mol. The molecule has 0 aliphatic carbocycles. The van der Waals surface area contributed by atoms with Gasteiger partial charge in [0.15, 0.2) is 0 Å². The van der Waals surface area contributed by atoms with Crippen molar-refractivity contribution in [1.29, 1.82) is 0 Å². The van der Waals surface area contributed by atoms with Crippen molar-refractivity contribution in [1.82, 2.24) is 9.97 Å². The van der Waals surface area contributed by atoms with Gasteiger partial charge in [0.25, 0.3) is 3.79 Å². The van der Waals surface area contributed by atoms with Crippen molar-refractivity contribution < 1.29 is 4.42 Å². The Morgan fingerprint density at radius 2 is 2.08 bits per heavy atom. The van der Waals surface area contributed by atoms with Crippen molar-refractivity contribution in [2.24, 2.45) is 0 Å². The predicted octanol–water partition coefficient (Wildman–Crippen LogP) is 3.05. The molecule has 2 aromatic heterocycles. The van der Waals surface area contributed by atoms with Crippen molar-refractivity contribution in [3.63, 3.8) is 0 Å². The summed E-state index contributed by atoms with van der Waals surface area (Å²) in [6.07, 6.45) is 1.58. The molecule has 6 heteroatoms. The zero-order valence-corrected chi connectivity index (χ0v) is 8.44. The first kappa shape index (κ1) is 9.06. The Morgan fingerprint density at radius 1 is 1.31 bits per heavy atom. The molecule has 0 fully saturated rings. The van der Waals surface area contributed by atoms with Gasteiger partial charge in [0.05, 0.1) is 0 Å². The molecule has 0 saturated carbocycles. The number of alkyl halides is 3. The molecule has 2 heterocycles. The highest BCUT2D eigenvalue weighted by molar-refractivity contribution is 6.66. The summed E-state index contributed by atoms with van der Waals surface area (Å²) < 4.78 is 3.48. The van der Waals surface area contributed by atoms with Crippen LogP contribution < -0.4 is 0 Å². The van der Waals surface area contributed by atoms with Crippen LogP contribution in [0, 0.1) is 0 Å². The fourth-order valence-corrected chi connectivity index (χ4v) is 1.13. The van der Waals surface area contributed by atoms with E-state index in [1.54, 1.807) is 18.3 Å². The Morgan fingerprint density at radius 3 is 2.69 bits per heavy atom. The minimum absolute atomic E-state index is 0.0335. The second-order valence-electron chi connectivity index (χ2n) is 2.34. The summed E-state index contributed by atoms with van der Waals surface area (Å²) in [5.41, 5.74) is 0.938. The average Bonchev–Trinajstić information content (AvgIpc) is 2.45. The molecule has 0 saturated heterocycles. The third-order valence-electron chi connectivity index (χ3n) is 1.41. The maximum absolute atomic E-state index is 5.58. The minimum atomic E-state index is -1.64. The van der Waals surface area contributed by atoms with Crippen LogP contribution in [0.25, 0.3) is 11.2 Å². The van der Waals surface area contributed by atoms with Crippen LogP contribution in [-0.4, -0.2) is 9.97 Å². The number of pyridine rings is 1. The molecular weight excluding hydrogens is 234 g/mol. The van der Waals surface area contributed by atoms with Crippen LogP contribution in [0.4, 0.5) is 0 Å². The van der Waals surface area contributed by atoms with E-state index >= 15 is 0 Å². The standard InChI is InChI=1S/C7H3Cl3N2O/c8-7(9,10)6-12-4-2-1-3-11-5(4)13-6/h1-3H. The number of fused-ring (bicyclic) bond motifs is 1. The van der Waals surface area contributed by atoms with Gasteiger partial charge in [-0.2, -0.15) is 0 Å². The molecule has 0 aliphatic heterocycles. The maximum atomic E-state index is 5.58. The lowest BCUT2D eigenvalue weighted by atomic mass is 10.4. The topological polar surface area (TPSA) is 38.9 Å². The van der Waals surface area contributed by atoms with E-state index in [0.717, 1.165) is 0 Å². The van der Waals surface area contributed by atoms with Crippen molar-refractivity contribution in [3.05, 3.63) is 24.2 Å². The molecule has 0 aromatic carbocycles. The van der Waals surface area contributed by atoms with Gasteiger partial charge in [-0.15, -0.1) is 0 Å². The second kappa shape index (κ2) is 3.01. The van der Waals surface area contributed by atoms with Gasteiger partial charge in [0.1, 0.15) is 5.52 Å². The lowest BCUT2D eigenvalue weighted by Gasteiger charge is -2.02. The van der Waals surface area contributed by atoms with Crippen LogP contribution in [0.3, 0.4) is 0 Å². The second-order valence-corrected chi connectivity index (χ2v) is 4.63. The molecule has 13 heavy (non-hydrogen) atoms. The summed E-state index contributed by atoms with van der Waals surface area (Å²) in [4.78, 5) is 7.87. The van der Waals surface area contributed by atoms with E-state index in [1.807, 2.05) is 0 Å². The number of hydrogen-bond donors (Lipinski definition) is 0. The average molecular weight is 237 g/mol.